The Kier molecular flexibility index (Phi) is 6.40. The maximum absolute atomic E-state index is 13.3. The molecule has 0 unspecified atom stereocenters. The lowest BCUT2D eigenvalue weighted by atomic mass is 9.88. The molecule has 8 nitrogen and oxygen atoms in total. The van der Waals surface area contributed by atoms with Crippen molar-refractivity contribution in [1.82, 2.24) is 4.98 Å². The molecule has 0 aliphatic heterocycles. The third kappa shape index (κ3) is 4.38. The van der Waals surface area contributed by atoms with Gasteiger partial charge in [-0.1, -0.05) is 42.5 Å². The summed E-state index contributed by atoms with van der Waals surface area (Å²) in [6, 6.07) is 14.1. The zero-order valence-electron chi connectivity index (χ0n) is 18.7. The minimum atomic E-state index is -0.530. The number of fused-ring (bicyclic) bond motifs is 1. The van der Waals surface area contributed by atoms with E-state index in [2.05, 4.69) is 4.98 Å². The van der Waals surface area contributed by atoms with E-state index in [4.69, 9.17) is 9.47 Å². The van der Waals surface area contributed by atoms with Crippen molar-refractivity contribution in [3.63, 3.8) is 0 Å². The lowest BCUT2D eigenvalue weighted by Gasteiger charge is -2.18. The van der Waals surface area contributed by atoms with E-state index in [1.165, 1.54) is 26.4 Å². The number of ketones is 1. The summed E-state index contributed by atoms with van der Waals surface area (Å²) < 4.78 is 10.5. The average molecular weight is 458 g/mol. The Morgan fingerprint density at radius 1 is 1.06 bits per heavy atom. The molecule has 2 aromatic carbocycles. The number of H-pyrrole nitrogens is 1. The Bertz CT molecular complexity index is 1390. The van der Waals surface area contributed by atoms with Crippen molar-refractivity contribution in [2.24, 2.45) is 0 Å². The summed E-state index contributed by atoms with van der Waals surface area (Å²) in [6.45, 7) is 0. The van der Waals surface area contributed by atoms with E-state index >= 15 is 0 Å². The molecule has 3 aromatic rings. The summed E-state index contributed by atoms with van der Waals surface area (Å²) in [6.07, 6.45) is 4.86. The fourth-order valence-electron chi connectivity index (χ4n) is 4.01. The Balaban J connectivity index is 1.84. The lowest BCUT2D eigenvalue weighted by Crippen LogP contribution is -2.23. The summed E-state index contributed by atoms with van der Waals surface area (Å²) in [4.78, 5) is 40.1. The Morgan fingerprint density at radius 2 is 1.79 bits per heavy atom. The van der Waals surface area contributed by atoms with Crippen LogP contribution < -0.4 is 15.0 Å². The number of nitrogens with zero attached hydrogens (tertiary/aromatic N) is 1. The molecule has 0 atom stereocenters. The van der Waals surface area contributed by atoms with Crippen LogP contribution in [0.5, 0.6) is 11.5 Å². The molecule has 1 N–H and O–H groups in total. The number of hydrogen-bond donors (Lipinski definition) is 1. The first-order valence-corrected chi connectivity index (χ1v) is 10.6. The van der Waals surface area contributed by atoms with Gasteiger partial charge in [0.2, 0.25) is 5.70 Å². The first-order valence-electron chi connectivity index (χ1n) is 10.6. The number of benzene rings is 2. The fraction of sp³-hybridized carbons (Fsp3) is 0.154. The minimum Gasteiger partial charge on any atom is -0.493 e. The number of aromatic amines is 1. The van der Waals surface area contributed by atoms with Crippen molar-refractivity contribution in [2.75, 3.05) is 14.2 Å². The van der Waals surface area contributed by atoms with Gasteiger partial charge in [0.15, 0.2) is 17.3 Å². The molecular weight excluding hydrogens is 436 g/mol. The van der Waals surface area contributed by atoms with Crippen molar-refractivity contribution >= 4 is 17.9 Å². The van der Waals surface area contributed by atoms with Crippen LogP contribution in [0.25, 0.3) is 23.3 Å². The molecule has 8 heteroatoms. The number of nitrogens with one attached hydrogen (secondary N) is 1. The van der Waals surface area contributed by atoms with Crippen LogP contribution in [0.2, 0.25) is 0 Å². The number of methoxy groups -OCH3 is 2. The molecule has 1 heterocycles. The van der Waals surface area contributed by atoms with Gasteiger partial charge in [0.1, 0.15) is 0 Å². The molecule has 0 radical (unpaired) electrons. The first kappa shape index (κ1) is 22.7. The average Bonchev–Trinajstić information content (AvgIpc) is 2.86. The predicted molar refractivity (Wildman–Crippen MR) is 129 cm³/mol. The van der Waals surface area contributed by atoms with Crippen LogP contribution in [0, 0.1) is 10.1 Å². The third-order valence-corrected chi connectivity index (χ3v) is 5.66. The van der Waals surface area contributed by atoms with Crippen molar-refractivity contribution in [1.29, 1.82) is 0 Å². The lowest BCUT2D eigenvalue weighted by molar-refractivity contribution is -0.426. The van der Waals surface area contributed by atoms with E-state index < -0.39 is 16.3 Å². The standard InChI is InChI=1S/C26H22N2O6/c1-33-22-13-9-16(14-23(22)34-2)8-12-21(29)25-24(17-6-4-3-5-7-17)19-15-18(28(31)32)10-11-20(19)27-26(25)30/h3-9,12-15H,10-11H2,1-2H3,(H,27,30). The Morgan fingerprint density at radius 3 is 2.47 bits per heavy atom. The van der Waals surface area contributed by atoms with Gasteiger partial charge in [0.25, 0.3) is 5.56 Å². The molecular formula is C26H22N2O6. The first-order chi connectivity index (χ1) is 16.4. The highest BCUT2D eigenvalue weighted by atomic mass is 16.6. The minimum absolute atomic E-state index is 0.0380. The monoisotopic (exact) mass is 458 g/mol. The van der Waals surface area contributed by atoms with Gasteiger partial charge in [-0.2, -0.15) is 0 Å². The quantitative estimate of drug-likeness (QED) is 0.241. The molecule has 0 saturated heterocycles. The van der Waals surface area contributed by atoms with Crippen LogP contribution >= 0.6 is 0 Å². The van der Waals surface area contributed by atoms with E-state index in [0.717, 1.165) is 0 Å². The van der Waals surface area contributed by atoms with Gasteiger partial charge in [0, 0.05) is 29.3 Å². The number of carbonyl (C=O) groups excluding carboxylic acids is 1. The number of pyridine rings is 1. The second kappa shape index (κ2) is 9.58. The number of allylic oxidation sites excluding steroid dienone is 2. The van der Waals surface area contributed by atoms with Gasteiger partial charge in [-0.15, -0.1) is 0 Å². The largest absolute Gasteiger partial charge is 0.493 e. The van der Waals surface area contributed by atoms with Gasteiger partial charge < -0.3 is 14.5 Å². The molecule has 1 aromatic heterocycles. The van der Waals surface area contributed by atoms with E-state index in [-0.39, 0.29) is 17.7 Å². The molecule has 1 aliphatic carbocycles. The number of hydrogen-bond acceptors (Lipinski definition) is 6. The van der Waals surface area contributed by atoms with Crippen LogP contribution in [0.3, 0.4) is 0 Å². The Hall–Kier alpha value is -4.46. The van der Waals surface area contributed by atoms with Crippen molar-refractivity contribution < 1.29 is 19.2 Å². The van der Waals surface area contributed by atoms with Crippen LogP contribution in [0.15, 0.2) is 65.1 Å². The molecule has 0 fully saturated rings. The normalized spacial score (nSPS) is 12.7. The number of aromatic nitrogens is 1. The van der Waals surface area contributed by atoms with Crippen LogP contribution in [0.1, 0.15) is 33.6 Å². The molecule has 172 valence electrons. The summed E-state index contributed by atoms with van der Waals surface area (Å²) >= 11 is 0. The molecule has 1 aliphatic rings. The van der Waals surface area contributed by atoms with Crippen molar-refractivity contribution in [3.8, 4) is 22.6 Å². The Labute approximate surface area is 195 Å². The van der Waals surface area contributed by atoms with Crippen molar-refractivity contribution in [2.45, 2.75) is 12.8 Å². The zero-order valence-corrected chi connectivity index (χ0v) is 18.7. The van der Waals surface area contributed by atoms with E-state index in [9.17, 15) is 19.7 Å². The number of nitro groups is 1. The van der Waals surface area contributed by atoms with Crippen LogP contribution in [-0.4, -0.2) is 29.9 Å². The fourth-order valence-corrected chi connectivity index (χ4v) is 4.01. The summed E-state index contributed by atoms with van der Waals surface area (Å²) in [5.41, 5.74) is 2.21. The van der Waals surface area contributed by atoms with Crippen molar-refractivity contribution in [3.05, 3.63) is 103 Å². The van der Waals surface area contributed by atoms with Crippen LogP contribution in [-0.2, 0) is 6.42 Å². The second-order valence-corrected chi connectivity index (χ2v) is 7.67. The summed E-state index contributed by atoms with van der Waals surface area (Å²) in [5.74, 6) is 0.544. The van der Waals surface area contributed by atoms with Crippen LogP contribution in [0.4, 0.5) is 0 Å². The SMILES string of the molecule is COc1ccc(C=CC(=O)c2c(-c3ccccc3)c3c([nH]c2=O)CCC([N+](=O)[O-])=C3)cc1OC. The molecule has 4 rings (SSSR count). The second-order valence-electron chi connectivity index (χ2n) is 7.67. The van der Waals surface area contributed by atoms with Gasteiger partial charge in [-0.3, -0.25) is 19.7 Å². The maximum Gasteiger partial charge on any atom is 0.260 e. The summed E-state index contributed by atoms with van der Waals surface area (Å²) in [5, 5.41) is 11.4. The maximum atomic E-state index is 13.3. The topological polar surface area (TPSA) is 112 Å². The van der Waals surface area contributed by atoms with Gasteiger partial charge in [0.05, 0.1) is 24.7 Å². The number of rotatable bonds is 7. The molecule has 0 bridgehead atoms. The number of carbonyl (C=O) groups is 1. The smallest absolute Gasteiger partial charge is 0.260 e. The highest BCUT2D eigenvalue weighted by Crippen LogP contribution is 2.34. The molecule has 0 saturated carbocycles. The highest BCUT2D eigenvalue weighted by molar-refractivity contribution is 6.11. The predicted octanol–water partition coefficient (Wildman–Crippen LogP) is 4.52. The molecule has 0 spiro atoms. The number of aryl methyl sites for hydroxylation is 1. The molecule has 0 amide bonds. The van der Waals surface area contributed by atoms with E-state index in [1.807, 2.05) is 6.07 Å². The highest BCUT2D eigenvalue weighted by Gasteiger charge is 2.27. The number of ether oxygens (including phenoxy) is 2. The summed E-state index contributed by atoms with van der Waals surface area (Å²) in [7, 11) is 3.05. The van der Waals surface area contributed by atoms with Gasteiger partial charge in [-0.25, -0.2) is 0 Å². The van der Waals surface area contributed by atoms with E-state index in [1.54, 1.807) is 48.5 Å². The van der Waals surface area contributed by atoms with E-state index in [0.29, 0.717) is 45.9 Å². The molecule has 34 heavy (non-hydrogen) atoms. The van der Waals surface area contributed by atoms with Gasteiger partial charge >= 0.3 is 0 Å². The van der Waals surface area contributed by atoms with Gasteiger partial charge in [-0.05, 0) is 35.8 Å². The third-order valence-electron chi connectivity index (χ3n) is 5.66. The zero-order chi connectivity index (χ0) is 24.2.